The molecule has 0 atom stereocenters. The molecule has 0 radical (unpaired) electrons. The van der Waals surface area contributed by atoms with E-state index in [2.05, 4.69) is 28.0 Å². The van der Waals surface area contributed by atoms with Gasteiger partial charge in [0.05, 0.1) is 0 Å². The van der Waals surface area contributed by atoms with Crippen molar-refractivity contribution in [1.29, 1.82) is 0 Å². The van der Waals surface area contributed by atoms with Crippen molar-refractivity contribution >= 4 is 13.8 Å². The third-order valence-electron chi connectivity index (χ3n) is 3.38. The normalized spacial score (nSPS) is 18.9. The van der Waals surface area contributed by atoms with Crippen LogP contribution in [-0.4, -0.2) is 49.4 Å². The van der Waals surface area contributed by atoms with Gasteiger partial charge in [-0.05, 0) is 25.7 Å². The highest BCUT2D eigenvalue weighted by Crippen LogP contribution is 2.08. The zero-order valence-corrected chi connectivity index (χ0v) is 11.8. The van der Waals surface area contributed by atoms with Crippen LogP contribution >= 0.6 is 0 Å². The number of likely N-dealkylation sites (tertiary alicyclic amines) is 1. The average molecular weight is 294 g/mol. The molecule has 2 rings (SSSR count). The SMILES string of the molecule is C(/C=C/N1CCCCC1)=[N+]1CCCCC1.FB(F)F.[F-]. The third-order valence-corrected chi connectivity index (χ3v) is 3.38. The predicted octanol–water partition coefficient (Wildman–Crippen LogP) is 0.137. The Morgan fingerprint density at radius 3 is 1.90 bits per heavy atom. The Morgan fingerprint density at radius 1 is 0.850 bits per heavy atom. The monoisotopic (exact) mass is 294 g/mol. The zero-order valence-electron chi connectivity index (χ0n) is 11.8. The molecule has 116 valence electrons. The summed E-state index contributed by atoms with van der Waals surface area (Å²) in [5.41, 5.74) is 0. The van der Waals surface area contributed by atoms with E-state index in [1.165, 1.54) is 64.7 Å². The molecular formula is C13H23BF4N2. The van der Waals surface area contributed by atoms with Gasteiger partial charge in [0, 0.05) is 38.2 Å². The highest BCUT2D eigenvalue weighted by molar-refractivity contribution is 6.33. The van der Waals surface area contributed by atoms with Gasteiger partial charge in [0.1, 0.15) is 13.1 Å². The smallest absolute Gasteiger partial charge is 0.762 e. The van der Waals surface area contributed by atoms with E-state index < -0.39 is 7.54 Å². The summed E-state index contributed by atoms with van der Waals surface area (Å²) < 4.78 is 31.4. The Kier molecular flexibility index (Phi) is 11.2. The number of nitrogens with zero attached hydrogens (tertiary/aromatic N) is 2. The number of halogens is 4. The van der Waals surface area contributed by atoms with Gasteiger partial charge in [-0.3, -0.25) is 12.9 Å². The van der Waals surface area contributed by atoms with Crippen molar-refractivity contribution in [3.63, 3.8) is 0 Å². The largest absolute Gasteiger partial charge is 1.00 e. The van der Waals surface area contributed by atoms with Gasteiger partial charge in [-0.25, -0.2) is 4.58 Å². The van der Waals surface area contributed by atoms with Crippen LogP contribution in [0, 0.1) is 0 Å². The summed E-state index contributed by atoms with van der Waals surface area (Å²) in [4.78, 5) is 2.45. The first kappa shape index (κ1) is 19.0. The number of piperidine rings is 2. The molecule has 2 aliphatic rings. The summed E-state index contributed by atoms with van der Waals surface area (Å²) in [6.07, 6.45) is 15.1. The minimum atomic E-state index is -3.67. The van der Waals surface area contributed by atoms with Crippen molar-refractivity contribution in [2.45, 2.75) is 38.5 Å². The van der Waals surface area contributed by atoms with Gasteiger partial charge in [-0.15, -0.1) is 0 Å². The summed E-state index contributed by atoms with van der Waals surface area (Å²) in [6.45, 7) is 5.02. The lowest BCUT2D eigenvalue weighted by Crippen LogP contribution is -3.00. The van der Waals surface area contributed by atoms with E-state index in [1.807, 2.05) is 0 Å². The van der Waals surface area contributed by atoms with E-state index in [0.29, 0.717) is 0 Å². The Hall–Kier alpha value is -1.01. The van der Waals surface area contributed by atoms with Crippen molar-refractivity contribution in [2.75, 3.05) is 26.2 Å². The lowest BCUT2D eigenvalue weighted by atomic mass is 10.1. The lowest BCUT2D eigenvalue weighted by molar-refractivity contribution is -0.532. The Labute approximate surface area is 118 Å². The van der Waals surface area contributed by atoms with Gasteiger partial charge < -0.3 is 9.60 Å². The maximum absolute atomic E-state index is 9.67. The molecule has 0 unspecified atom stereocenters. The molecule has 7 heteroatoms. The maximum Gasteiger partial charge on any atom is 0.762 e. The molecule has 0 aromatic carbocycles. The number of rotatable bonds is 2. The minimum Gasteiger partial charge on any atom is -1.00 e. The molecule has 0 aromatic rings. The van der Waals surface area contributed by atoms with Crippen molar-refractivity contribution in [2.24, 2.45) is 0 Å². The average Bonchev–Trinajstić information content (AvgIpc) is 2.41. The van der Waals surface area contributed by atoms with Crippen LogP contribution in [0.2, 0.25) is 0 Å². The fourth-order valence-corrected chi connectivity index (χ4v) is 2.42. The summed E-state index contributed by atoms with van der Waals surface area (Å²) in [6, 6.07) is 0. The molecule has 0 bridgehead atoms. The summed E-state index contributed by atoms with van der Waals surface area (Å²) in [5, 5.41) is 0. The highest BCUT2D eigenvalue weighted by Gasteiger charge is 2.09. The van der Waals surface area contributed by atoms with Crippen molar-refractivity contribution in [1.82, 2.24) is 4.90 Å². The second-order valence-corrected chi connectivity index (χ2v) is 4.93. The molecular weight excluding hydrogens is 271 g/mol. The van der Waals surface area contributed by atoms with Crippen LogP contribution in [0.15, 0.2) is 12.3 Å². The molecule has 20 heavy (non-hydrogen) atoms. The van der Waals surface area contributed by atoms with Crippen molar-refractivity contribution < 1.29 is 22.2 Å². The first-order valence-corrected chi connectivity index (χ1v) is 7.10. The van der Waals surface area contributed by atoms with Gasteiger partial charge in [0.25, 0.3) is 0 Å². The molecule has 0 amide bonds. The predicted molar refractivity (Wildman–Crippen MR) is 73.6 cm³/mol. The molecule has 0 spiro atoms. The second kappa shape index (κ2) is 11.8. The van der Waals surface area contributed by atoms with Gasteiger partial charge in [0.2, 0.25) is 0 Å². The van der Waals surface area contributed by atoms with E-state index in [-0.39, 0.29) is 4.70 Å². The van der Waals surface area contributed by atoms with E-state index >= 15 is 0 Å². The standard InChI is InChI=1S/C13H23N2.BF3.FH/c1-3-8-14(9-4-1)12-7-13-15-10-5-2-6-11-15;2-1(3)4;/h7,12-13H,1-6,8-11H2;;1H/q+1;;/p-1. The van der Waals surface area contributed by atoms with Crippen LogP contribution < -0.4 is 4.70 Å². The molecule has 2 fully saturated rings. The van der Waals surface area contributed by atoms with E-state index in [4.69, 9.17) is 0 Å². The minimum absolute atomic E-state index is 0. The van der Waals surface area contributed by atoms with Crippen LogP contribution in [0.1, 0.15) is 38.5 Å². The number of allylic oxidation sites excluding steroid dienone is 1. The number of hydrogen-bond acceptors (Lipinski definition) is 1. The zero-order chi connectivity index (χ0) is 13.9. The molecule has 2 nitrogen and oxygen atoms in total. The Balaban J connectivity index is 0.000000644. The fraction of sp³-hybridized carbons (Fsp3) is 0.769. The van der Waals surface area contributed by atoms with Crippen LogP contribution in [-0.2, 0) is 0 Å². The molecule has 0 N–H and O–H groups in total. The van der Waals surface area contributed by atoms with Crippen LogP contribution in [0.3, 0.4) is 0 Å². The molecule has 2 heterocycles. The topological polar surface area (TPSA) is 6.25 Å². The highest BCUT2D eigenvalue weighted by atomic mass is 19.4. The van der Waals surface area contributed by atoms with Crippen LogP contribution in [0.25, 0.3) is 0 Å². The summed E-state index contributed by atoms with van der Waals surface area (Å²) in [7, 11) is -3.67. The van der Waals surface area contributed by atoms with E-state index in [9.17, 15) is 12.9 Å². The fourth-order valence-electron chi connectivity index (χ4n) is 2.42. The number of hydrogen-bond donors (Lipinski definition) is 0. The van der Waals surface area contributed by atoms with Gasteiger partial charge >= 0.3 is 7.54 Å². The first-order chi connectivity index (χ1) is 9.18. The third kappa shape index (κ3) is 9.86. The van der Waals surface area contributed by atoms with Gasteiger partial charge in [0.15, 0.2) is 6.21 Å². The lowest BCUT2D eigenvalue weighted by Gasteiger charge is -2.24. The van der Waals surface area contributed by atoms with Gasteiger partial charge in [-0.2, -0.15) is 0 Å². The quantitative estimate of drug-likeness (QED) is 0.399. The summed E-state index contributed by atoms with van der Waals surface area (Å²) in [5.74, 6) is 0. The van der Waals surface area contributed by atoms with E-state index in [1.54, 1.807) is 0 Å². The Bertz CT molecular complexity index is 281. The first-order valence-electron chi connectivity index (χ1n) is 7.10. The second-order valence-electron chi connectivity index (χ2n) is 4.93. The molecule has 0 aromatic heterocycles. The maximum atomic E-state index is 9.67. The van der Waals surface area contributed by atoms with Crippen LogP contribution in [0.4, 0.5) is 12.9 Å². The van der Waals surface area contributed by atoms with Crippen molar-refractivity contribution in [3.05, 3.63) is 12.3 Å². The van der Waals surface area contributed by atoms with Crippen LogP contribution in [0.5, 0.6) is 0 Å². The Morgan fingerprint density at radius 2 is 1.35 bits per heavy atom. The van der Waals surface area contributed by atoms with E-state index in [0.717, 1.165) is 0 Å². The van der Waals surface area contributed by atoms with Crippen molar-refractivity contribution in [3.8, 4) is 0 Å². The molecule has 0 aliphatic carbocycles. The summed E-state index contributed by atoms with van der Waals surface area (Å²) >= 11 is 0. The molecule has 2 saturated heterocycles. The molecule has 0 saturated carbocycles. The molecule has 2 aliphatic heterocycles. The van der Waals surface area contributed by atoms with Gasteiger partial charge in [-0.1, -0.05) is 0 Å².